The van der Waals surface area contributed by atoms with E-state index in [-0.39, 0.29) is 0 Å². The summed E-state index contributed by atoms with van der Waals surface area (Å²) in [7, 11) is 0. The molecule has 1 aliphatic heterocycles. The van der Waals surface area contributed by atoms with Crippen LogP contribution in [0.1, 0.15) is 52.4 Å². The third-order valence-electron chi connectivity index (χ3n) is 4.71. The van der Waals surface area contributed by atoms with Crippen LogP contribution < -0.4 is 5.32 Å². The standard InChI is InChI=1S/C16H30N2O/c1-3-10-18(12-14-4-5-14)16(19)11-13(2)15-6-8-17-9-7-15/h13-15,17H,3-12H2,1-2H3. The summed E-state index contributed by atoms with van der Waals surface area (Å²) in [6, 6.07) is 0. The molecule has 1 heterocycles. The zero-order valence-electron chi connectivity index (χ0n) is 12.7. The van der Waals surface area contributed by atoms with Gasteiger partial charge in [0.1, 0.15) is 0 Å². The highest BCUT2D eigenvalue weighted by atomic mass is 16.2. The molecule has 0 bridgehead atoms. The first-order valence-electron chi connectivity index (χ1n) is 8.19. The van der Waals surface area contributed by atoms with Crippen molar-refractivity contribution in [3.05, 3.63) is 0 Å². The van der Waals surface area contributed by atoms with Gasteiger partial charge in [0.15, 0.2) is 0 Å². The minimum Gasteiger partial charge on any atom is -0.342 e. The number of amides is 1. The van der Waals surface area contributed by atoms with Gasteiger partial charge in [0.25, 0.3) is 0 Å². The number of carbonyl (C=O) groups excluding carboxylic acids is 1. The Bertz CT molecular complexity index is 282. The summed E-state index contributed by atoms with van der Waals surface area (Å²) in [6.45, 7) is 8.67. The topological polar surface area (TPSA) is 32.3 Å². The fourth-order valence-electron chi connectivity index (χ4n) is 3.18. The zero-order valence-corrected chi connectivity index (χ0v) is 12.7. The molecule has 2 fully saturated rings. The SMILES string of the molecule is CCCN(CC1CC1)C(=O)CC(C)C1CCNCC1. The molecule has 0 spiro atoms. The Morgan fingerprint density at radius 2 is 1.95 bits per heavy atom. The minimum absolute atomic E-state index is 0.403. The Morgan fingerprint density at radius 3 is 2.53 bits per heavy atom. The maximum atomic E-state index is 12.5. The van der Waals surface area contributed by atoms with Crippen LogP contribution in [0.2, 0.25) is 0 Å². The number of piperidine rings is 1. The van der Waals surface area contributed by atoms with Gasteiger partial charge in [-0.3, -0.25) is 4.79 Å². The van der Waals surface area contributed by atoms with Crippen molar-refractivity contribution in [2.24, 2.45) is 17.8 Å². The smallest absolute Gasteiger partial charge is 0.222 e. The van der Waals surface area contributed by atoms with E-state index in [1.165, 1.54) is 25.7 Å². The van der Waals surface area contributed by atoms with Crippen LogP contribution >= 0.6 is 0 Å². The molecule has 1 aliphatic carbocycles. The second kappa shape index (κ2) is 7.28. The minimum atomic E-state index is 0.403. The van der Waals surface area contributed by atoms with E-state index < -0.39 is 0 Å². The average Bonchev–Trinajstić information content (AvgIpc) is 3.23. The van der Waals surface area contributed by atoms with Crippen molar-refractivity contribution in [2.75, 3.05) is 26.2 Å². The number of carbonyl (C=O) groups is 1. The molecule has 1 N–H and O–H groups in total. The lowest BCUT2D eigenvalue weighted by Crippen LogP contribution is -2.37. The molecule has 1 unspecified atom stereocenters. The van der Waals surface area contributed by atoms with Crippen LogP contribution in [0.4, 0.5) is 0 Å². The van der Waals surface area contributed by atoms with E-state index >= 15 is 0 Å². The maximum Gasteiger partial charge on any atom is 0.222 e. The predicted molar refractivity (Wildman–Crippen MR) is 79.0 cm³/mol. The van der Waals surface area contributed by atoms with Crippen molar-refractivity contribution in [2.45, 2.75) is 52.4 Å². The van der Waals surface area contributed by atoms with Crippen molar-refractivity contribution in [3.63, 3.8) is 0 Å². The zero-order chi connectivity index (χ0) is 13.7. The summed E-state index contributed by atoms with van der Waals surface area (Å²) in [4.78, 5) is 14.6. The highest BCUT2D eigenvalue weighted by Gasteiger charge is 2.28. The summed E-state index contributed by atoms with van der Waals surface area (Å²) in [5.74, 6) is 2.51. The number of hydrogen-bond acceptors (Lipinski definition) is 2. The highest BCUT2D eigenvalue weighted by molar-refractivity contribution is 5.76. The lowest BCUT2D eigenvalue weighted by molar-refractivity contribution is -0.132. The molecule has 0 aromatic rings. The van der Waals surface area contributed by atoms with Crippen LogP contribution in [-0.2, 0) is 4.79 Å². The second-order valence-corrected chi connectivity index (χ2v) is 6.55. The first kappa shape index (κ1) is 14.8. The van der Waals surface area contributed by atoms with E-state index in [4.69, 9.17) is 0 Å². The third kappa shape index (κ3) is 4.79. The van der Waals surface area contributed by atoms with Gasteiger partial charge in [-0.05, 0) is 62.9 Å². The first-order valence-corrected chi connectivity index (χ1v) is 8.19. The maximum absolute atomic E-state index is 12.5. The van der Waals surface area contributed by atoms with Gasteiger partial charge in [-0.15, -0.1) is 0 Å². The molecule has 110 valence electrons. The Hall–Kier alpha value is -0.570. The fourth-order valence-corrected chi connectivity index (χ4v) is 3.18. The molecule has 1 atom stereocenters. The number of hydrogen-bond donors (Lipinski definition) is 1. The molecule has 1 saturated heterocycles. The van der Waals surface area contributed by atoms with Gasteiger partial charge in [-0.25, -0.2) is 0 Å². The van der Waals surface area contributed by atoms with E-state index in [0.29, 0.717) is 11.8 Å². The van der Waals surface area contributed by atoms with E-state index in [1.807, 2.05) is 0 Å². The van der Waals surface area contributed by atoms with E-state index in [2.05, 4.69) is 24.1 Å². The largest absolute Gasteiger partial charge is 0.342 e. The lowest BCUT2D eigenvalue weighted by Gasteiger charge is -2.30. The molecule has 0 aromatic heterocycles. The molecule has 0 aromatic carbocycles. The predicted octanol–water partition coefficient (Wildman–Crippen LogP) is 2.66. The summed E-state index contributed by atoms with van der Waals surface area (Å²) >= 11 is 0. The van der Waals surface area contributed by atoms with Gasteiger partial charge < -0.3 is 10.2 Å². The van der Waals surface area contributed by atoms with E-state index in [9.17, 15) is 4.79 Å². The molecular weight excluding hydrogens is 236 g/mol. The van der Waals surface area contributed by atoms with Gasteiger partial charge in [-0.1, -0.05) is 13.8 Å². The van der Waals surface area contributed by atoms with Gasteiger partial charge >= 0.3 is 0 Å². The van der Waals surface area contributed by atoms with Gasteiger partial charge in [0, 0.05) is 19.5 Å². The molecule has 2 aliphatic rings. The normalized spacial score (nSPS) is 22.2. The lowest BCUT2D eigenvalue weighted by atomic mass is 9.84. The Morgan fingerprint density at radius 1 is 1.26 bits per heavy atom. The first-order chi connectivity index (χ1) is 9.20. The van der Waals surface area contributed by atoms with Crippen molar-refractivity contribution < 1.29 is 4.79 Å². The Balaban J connectivity index is 1.78. The monoisotopic (exact) mass is 266 g/mol. The van der Waals surface area contributed by atoms with Crippen LogP contribution in [0.25, 0.3) is 0 Å². The fraction of sp³-hybridized carbons (Fsp3) is 0.938. The van der Waals surface area contributed by atoms with Crippen molar-refractivity contribution in [3.8, 4) is 0 Å². The summed E-state index contributed by atoms with van der Waals surface area (Å²) < 4.78 is 0. The summed E-state index contributed by atoms with van der Waals surface area (Å²) in [5.41, 5.74) is 0. The van der Waals surface area contributed by atoms with Crippen LogP contribution in [0.5, 0.6) is 0 Å². The van der Waals surface area contributed by atoms with E-state index in [0.717, 1.165) is 50.9 Å². The van der Waals surface area contributed by atoms with Gasteiger partial charge in [0.2, 0.25) is 5.91 Å². The van der Waals surface area contributed by atoms with E-state index in [1.54, 1.807) is 0 Å². The molecule has 19 heavy (non-hydrogen) atoms. The molecule has 0 radical (unpaired) electrons. The van der Waals surface area contributed by atoms with Crippen LogP contribution in [0.15, 0.2) is 0 Å². The quantitative estimate of drug-likeness (QED) is 0.768. The molecule has 3 heteroatoms. The molecule has 1 amide bonds. The van der Waals surface area contributed by atoms with Gasteiger partial charge in [-0.2, -0.15) is 0 Å². The summed E-state index contributed by atoms with van der Waals surface area (Å²) in [6.07, 6.45) is 6.99. The summed E-state index contributed by atoms with van der Waals surface area (Å²) in [5, 5.41) is 3.40. The van der Waals surface area contributed by atoms with Crippen molar-refractivity contribution >= 4 is 5.91 Å². The van der Waals surface area contributed by atoms with Crippen molar-refractivity contribution in [1.82, 2.24) is 10.2 Å². The highest BCUT2D eigenvalue weighted by Crippen LogP contribution is 2.31. The third-order valence-corrected chi connectivity index (χ3v) is 4.71. The molecule has 1 saturated carbocycles. The number of nitrogens with zero attached hydrogens (tertiary/aromatic N) is 1. The Labute approximate surface area is 118 Å². The second-order valence-electron chi connectivity index (χ2n) is 6.55. The van der Waals surface area contributed by atoms with Crippen LogP contribution in [0, 0.1) is 17.8 Å². The molecular formula is C16H30N2O. The number of rotatable bonds is 7. The van der Waals surface area contributed by atoms with Crippen LogP contribution in [0.3, 0.4) is 0 Å². The Kier molecular flexibility index (Phi) is 5.68. The molecule has 3 nitrogen and oxygen atoms in total. The van der Waals surface area contributed by atoms with Crippen molar-refractivity contribution in [1.29, 1.82) is 0 Å². The molecule has 2 rings (SSSR count). The number of nitrogens with one attached hydrogen (secondary N) is 1. The van der Waals surface area contributed by atoms with Crippen LogP contribution in [-0.4, -0.2) is 37.0 Å². The van der Waals surface area contributed by atoms with Gasteiger partial charge in [0.05, 0.1) is 0 Å². The average molecular weight is 266 g/mol.